The van der Waals surface area contributed by atoms with Gasteiger partial charge in [0.1, 0.15) is 6.10 Å². The van der Waals surface area contributed by atoms with Crippen molar-refractivity contribution in [2.45, 2.75) is 26.1 Å². The SMILES string of the molecule is CC(C)[C@@H](O)[C@H](O)CO. The van der Waals surface area contributed by atoms with E-state index in [0.717, 1.165) is 0 Å². The van der Waals surface area contributed by atoms with E-state index >= 15 is 0 Å². The second-order valence-electron chi connectivity index (χ2n) is 2.48. The molecule has 0 saturated carbocycles. The van der Waals surface area contributed by atoms with Crippen molar-refractivity contribution in [3.63, 3.8) is 0 Å². The molecule has 0 radical (unpaired) electrons. The number of hydrogen-bond donors (Lipinski definition) is 3. The first kappa shape index (κ1) is 8.88. The summed E-state index contributed by atoms with van der Waals surface area (Å²) in [6, 6.07) is 0. The maximum absolute atomic E-state index is 8.98. The van der Waals surface area contributed by atoms with Crippen LogP contribution < -0.4 is 0 Å². The van der Waals surface area contributed by atoms with E-state index in [1.54, 1.807) is 13.8 Å². The van der Waals surface area contributed by atoms with E-state index in [-0.39, 0.29) is 12.5 Å². The smallest absolute Gasteiger partial charge is 0.103 e. The molecule has 0 aliphatic heterocycles. The van der Waals surface area contributed by atoms with Crippen LogP contribution in [-0.2, 0) is 0 Å². The van der Waals surface area contributed by atoms with E-state index in [1.807, 2.05) is 0 Å². The first-order valence-electron chi connectivity index (χ1n) is 3.06. The second kappa shape index (κ2) is 3.82. The molecule has 0 aromatic rings. The number of hydrogen-bond acceptors (Lipinski definition) is 3. The van der Waals surface area contributed by atoms with Gasteiger partial charge in [0, 0.05) is 0 Å². The summed E-state index contributed by atoms with van der Waals surface area (Å²) in [7, 11) is 0. The van der Waals surface area contributed by atoms with E-state index in [2.05, 4.69) is 0 Å². The Balaban J connectivity index is 3.58. The minimum Gasteiger partial charge on any atom is -0.394 e. The van der Waals surface area contributed by atoms with E-state index in [4.69, 9.17) is 15.3 Å². The van der Waals surface area contributed by atoms with E-state index in [1.165, 1.54) is 0 Å². The maximum atomic E-state index is 8.98. The van der Waals surface area contributed by atoms with Crippen LogP contribution in [-0.4, -0.2) is 34.1 Å². The average molecular weight is 134 g/mol. The first-order valence-corrected chi connectivity index (χ1v) is 3.06. The Morgan fingerprint density at radius 1 is 1.22 bits per heavy atom. The summed E-state index contributed by atoms with van der Waals surface area (Å²) in [5, 5.41) is 26.1. The summed E-state index contributed by atoms with van der Waals surface area (Å²) in [4.78, 5) is 0. The van der Waals surface area contributed by atoms with Crippen molar-refractivity contribution in [1.29, 1.82) is 0 Å². The lowest BCUT2D eigenvalue weighted by atomic mass is 10.0. The lowest BCUT2D eigenvalue weighted by Crippen LogP contribution is -2.33. The molecular weight excluding hydrogens is 120 g/mol. The first-order chi connectivity index (χ1) is 4.09. The van der Waals surface area contributed by atoms with Crippen LogP contribution in [0.5, 0.6) is 0 Å². The molecule has 56 valence electrons. The van der Waals surface area contributed by atoms with Crippen LogP contribution in [0.25, 0.3) is 0 Å². The second-order valence-corrected chi connectivity index (χ2v) is 2.48. The van der Waals surface area contributed by atoms with Crippen molar-refractivity contribution in [1.82, 2.24) is 0 Å². The highest BCUT2D eigenvalue weighted by atomic mass is 16.4. The number of aliphatic hydroxyl groups excluding tert-OH is 3. The highest BCUT2D eigenvalue weighted by molar-refractivity contribution is 4.68. The molecule has 0 unspecified atom stereocenters. The van der Waals surface area contributed by atoms with Crippen LogP contribution in [0, 0.1) is 5.92 Å². The summed E-state index contributed by atoms with van der Waals surface area (Å²) < 4.78 is 0. The zero-order chi connectivity index (χ0) is 7.44. The van der Waals surface area contributed by atoms with Gasteiger partial charge in [-0.1, -0.05) is 13.8 Å². The number of rotatable bonds is 3. The molecule has 0 aromatic heterocycles. The Morgan fingerprint density at radius 2 is 1.67 bits per heavy atom. The lowest BCUT2D eigenvalue weighted by molar-refractivity contribution is -0.0356. The standard InChI is InChI=1S/C6H14O3/c1-4(2)6(9)5(8)3-7/h4-9H,3H2,1-2H3/t5-,6-/m1/s1. The van der Waals surface area contributed by atoms with Gasteiger partial charge in [0.05, 0.1) is 12.7 Å². The van der Waals surface area contributed by atoms with Crippen molar-refractivity contribution < 1.29 is 15.3 Å². The fourth-order valence-corrected chi connectivity index (χ4v) is 0.552. The fourth-order valence-electron chi connectivity index (χ4n) is 0.552. The zero-order valence-corrected chi connectivity index (χ0v) is 5.78. The van der Waals surface area contributed by atoms with Crippen LogP contribution in [0.1, 0.15) is 13.8 Å². The van der Waals surface area contributed by atoms with Gasteiger partial charge in [-0.15, -0.1) is 0 Å². The molecule has 0 rings (SSSR count). The maximum Gasteiger partial charge on any atom is 0.103 e. The van der Waals surface area contributed by atoms with Crippen molar-refractivity contribution in [3.8, 4) is 0 Å². The predicted octanol–water partition coefficient (Wildman–Crippen LogP) is -0.643. The van der Waals surface area contributed by atoms with Crippen LogP contribution in [0.2, 0.25) is 0 Å². The molecule has 0 aromatic carbocycles. The molecule has 0 aliphatic rings. The number of aliphatic hydroxyl groups is 3. The van der Waals surface area contributed by atoms with Gasteiger partial charge in [0.2, 0.25) is 0 Å². The molecule has 0 spiro atoms. The molecule has 0 heterocycles. The summed E-state index contributed by atoms with van der Waals surface area (Å²) in [6.07, 6.45) is -1.81. The van der Waals surface area contributed by atoms with Crippen molar-refractivity contribution >= 4 is 0 Å². The molecule has 0 bridgehead atoms. The summed E-state index contributed by atoms with van der Waals surface area (Å²) >= 11 is 0. The molecule has 0 saturated heterocycles. The van der Waals surface area contributed by atoms with Crippen LogP contribution >= 0.6 is 0 Å². The van der Waals surface area contributed by atoms with Crippen molar-refractivity contribution in [2.24, 2.45) is 5.92 Å². The van der Waals surface area contributed by atoms with Gasteiger partial charge in [-0.3, -0.25) is 0 Å². The molecular formula is C6H14O3. The van der Waals surface area contributed by atoms with E-state index in [9.17, 15) is 0 Å². The third kappa shape index (κ3) is 2.79. The van der Waals surface area contributed by atoms with Gasteiger partial charge < -0.3 is 15.3 Å². The van der Waals surface area contributed by atoms with Gasteiger partial charge in [0.15, 0.2) is 0 Å². The quantitative estimate of drug-likeness (QED) is 0.481. The Kier molecular flexibility index (Phi) is 3.77. The molecule has 3 N–H and O–H groups in total. The van der Waals surface area contributed by atoms with Gasteiger partial charge in [-0.25, -0.2) is 0 Å². The third-order valence-corrected chi connectivity index (χ3v) is 1.26. The zero-order valence-electron chi connectivity index (χ0n) is 5.78. The highest BCUT2D eigenvalue weighted by Crippen LogP contribution is 2.04. The van der Waals surface area contributed by atoms with Gasteiger partial charge in [-0.2, -0.15) is 0 Å². The predicted molar refractivity (Wildman–Crippen MR) is 33.9 cm³/mol. The Hall–Kier alpha value is -0.120. The molecule has 2 atom stereocenters. The minimum absolute atomic E-state index is 0.00727. The van der Waals surface area contributed by atoms with Crippen LogP contribution in [0.15, 0.2) is 0 Å². The molecule has 9 heavy (non-hydrogen) atoms. The van der Waals surface area contributed by atoms with Crippen molar-refractivity contribution in [3.05, 3.63) is 0 Å². The normalized spacial score (nSPS) is 18.0. The van der Waals surface area contributed by atoms with E-state index in [0.29, 0.717) is 0 Å². The van der Waals surface area contributed by atoms with Crippen LogP contribution in [0.3, 0.4) is 0 Å². The Bertz CT molecular complexity index is 72.7. The summed E-state index contributed by atoms with van der Waals surface area (Å²) in [5.41, 5.74) is 0. The van der Waals surface area contributed by atoms with Gasteiger partial charge in [0.25, 0.3) is 0 Å². The molecule has 0 aliphatic carbocycles. The van der Waals surface area contributed by atoms with E-state index < -0.39 is 12.2 Å². The monoisotopic (exact) mass is 134 g/mol. The molecule has 3 heteroatoms. The fraction of sp³-hybridized carbons (Fsp3) is 1.00. The largest absolute Gasteiger partial charge is 0.394 e. The Morgan fingerprint density at radius 3 is 1.78 bits per heavy atom. The van der Waals surface area contributed by atoms with Crippen molar-refractivity contribution in [2.75, 3.05) is 6.61 Å². The van der Waals surface area contributed by atoms with Crippen LogP contribution in [0.4, 0.5) is 0 Å². The third-order valence-electron chi connectivity index (χ3n) is 1.26. The topological polar surface area (TPSA) is 60.7 Å². The molecule has 3 nitrogen and oxygen atoms in total. The summed E-state index contributed by atoms with van der Waals surface area (Å²) in [6.45, 7) is 3.19. The lowest BCUT2D eigenvalue weighted by Gasteiger charge is -2.18. The van der Waals surface area contributed by atoms with Gasteiger partial charge >= 0.3 is 0 Å². The molecule has 0 fully saturated rings. The Labute approximate surface area is 54.9 Å². The minimum atomic E-state index is -0.995. The average Bonchev–Trinajstić information content (AvgIpc) is 1.84. The summed E-state index contributed by atoms with van der Waals surface area (Å²) in [5.74, 6) is -0.00727. The highest BCUT2D eigenvalue weighted by Gasteiger charge is 2.17. The molecule has 0 amide bonds. The van der Waals surface area contributed by atoms with Gasteiger partial charge in [-0.05, 0) is 5.92 Å².